The van der Waals surface area contributed by atoms with Crippen LogP contribution in [0.4, 0.5) is 0 Å². The monoisotopic (exact) mass is 245 g/mol. The molecule has 0 aliphatic carbocycles. The van der Waals surface area contributed by atoms with Gasteiger partial charge in [-0.15, -0.1) is 0 Å². The van der Waals surface area contributed by atoms with Crippen molar-refractivity contribution in [3.05, 3.63) is 72.4 Å². The maximum Gasteiger partial charge on any atom is 0.0992 e. The molecule has 0 spiro atoms. The highest BCUT2D eigenvalue weighted by atomic mass is 15.3. The van der Waals surface area contributed by atoms with E-state index in [1.807, 2.05) is 59.3 Å². The van der Waals surface area contributed by atoms with Crippen LogP contribution in [-0.4, -0.2) is 9.78 Å². The zero-order chi connectivity index (χ0) is 13.1. The second-order valence-corrected chi connectivity index (χ2v) is 4.16. The first-order valence-corrected chi connectivity index (χ1v) is 5.98. The van der Waals surface area contributed by atoms with Gasteiger partial charge in [-0.25, -0.2) is 4.68 Å². The van der Waals surface area contributed by atoms with Gasteiger partial charge in [0.05, 0.1) is 29.2 Å². The van der Waals surface area contributed by atoms with E-state index in [0.29, 0.717) is 5.56 Å². The Kier molecular flexibility index (Phi) is 2.83. The molecule has 0 saturated heterocycles. The fraction of sp³-hybridized carbons (Fsp3) is 0. The van der Waals surface area contributed by atoms with Gasteiger partial charge in [-0.2, -0.15) is 10.4 Å². The number of aromatic nitrogens is 2. The Morgan fingerprint density at radius 1 is 0.947 bits per heavy atom. The highest BCUT2D eigenvalue weighted by molar-refractivity contribution is 5.62. The Hall–Kier alpha value is -2.86. The molecule has 0 aliphatic heterocycles. The van der Waals surface area contributed by atoms with Crippen LogP contribution >= 0.6 is 0 Å². The molecule has 19 heavy (non-hydrogen) atoms. The Morgan fingerprint density at radius 3 is 2.58 bits per heavy atom. The van der Waals surface area contributed by atoms with Gasteiger partial charge in [0.25, 0.3) is 0 Å². The molecular weight excluding hydrogens is 234 g/mol. The third-order valence-corrected chi connectivity index (χ3v) is 2.93. The van der Waals surface area contributed by atoms with Crippen molar-refractivity contribution in [2.45, 2.75) is 0 Å². The standard InChI is InChI=1S/C16H11N3/c17-12-13-5-4-8-15(11-13)19-16(9-10-18-19)14-6-2-1-3-7-14/h1-11H. The molecule has 3 nitrogen and oxygen atoms in total. The fourth-order valence-corrected chi connectivity index (χ4v) is 2.04. The molecule has 1 heterocycles. The summed E-state index contributed by atoms with van der Waals surface area (Å²) in [7, 11) is 0. The molecule has 0 N–H and O–H groups in total. The van der Waals surface area contributed by atoms with Crippen molar-refractivity contribution in [3.63, 3.8) is 0 Å². The van der Waals surface area contributed by atoms with Gasteiger partial charge < -0.3 is 0 Å². The van der Waals surface area contributed by atoms with Crippen molar-refractivity contribution in [1.29, 1.82) is 5.26 Å². The molecule has 0 bridgehead atoms. The summed E-state index contributed by atoms with van der Waals surface area (Å²) in [5.74, 6) is 0. The lowest BCUT2D eigenvalue weighted by molar-refractivity contribution is 0.887. The molecule has 0 unspecified atom stereocenters. The molecule has 3 aromatic rings. The summed E-state index contributed by atoms with van der Waals surface area (Å²) >= 11 is 0. The molecule has 0 fully saturated rings. The molecule has 90 valence electrons. The van der Waals surface area contributed by atoms with E-state index in [1.165, 1.54) is 0 Å². The smallest absolute Gasteiger partial charge is 0.0992 e. The topological polar surface area (TPSA) is 41.6 Å². The average Bonchev–Trinajstić information content (AvgIpc) is 2.98. The molecule has 0 aliphatic rings. The molecule has 1 aromatic heterocycles. The lowest BCUT2D eigenvalue weighted by Gasteiger charge is -2.07. The number of hydrogen-bond acceptors (Lipinski definition) is 2. The molecule has 0 radical (unpaired) electrons. The van der Waals surface area contributed by atoms with Gasteiger partial charge in [-0.05, 0) is 24.3 Å². The van der Waals surface area contributed by atoms with Crippen molar-refractivity contribution in [2.24, 2.45) is 0 Å². The van der Waals surface area contributed by atoms with E-state index < -0.39 is 0 Å². The normalized spacial score (nSPS) is 10.1. The highest BCUT2D eigenvalue weighted by Crippen LogP contribution is 2.22. The Labute approximate surface area is 111 Å². The van der Waals surface area contributed by atoms with E-state index in [2.05, 4.69) is 11.2 Å². The van der Waals surface area contributed by atoms with Crippen LogP contribution in [0.25, 0.3) is 16.9 Å². The molecule has 3 rings (SSSR count). The summed E-state index contributed by atoms with van der Waals surface area (Å²) in [5, 5.41) is 13.3. The maximum atomic E-state index is 8.97. The number of nitriles is 1. The van der Waals surface area contributed by atoms with Crippen LogP contribution < -0.4 is 0 Å². The zero-order valence-corrected chi connectivity index (χ0v) is 10.2. The highest BCUT2D eigenvalue weighted by Gasteiger charge is 2.07. The van der Waals surface area contributed by atoms with Gasteiger partial charge in [0.2, 0.25) is 0 Å². The van der Waals surface area contributed by atoms with E-state index in [-0.39, 0.29) is 0 Å². The summed E-state index contributed by atoms with van der Waals surface area (Å²) in [4.78, 5) is 0. The summed E-state index contributed by atoms with van der Waals surface area (Å²) in [6, 6.07) is 21.6. The summed E-state index contributed by atoms with van der Waals surface area (Å²) in [6.45, 7) is 0. The molecule has 2 aromatic carbocycles. The van der Waals surface area contributed by atoms with E-state index in [0.717, 1.165) is 16.9 Å². The zero-order valence-electron chi connectivity index (χ0n) is 10.2. The van der Waals surface area contributed by atoms with Crippen LogP contribution in [0.5, 0.6) is 0 Å². The van der Waals surface area contributed by atoms with E-state index in [4.69, 9.17) is 5.26 Å². The van der Waals surface area contributed by atoms with E-state index in [9.17, 15) is 0 Å². The fourth-order valence-electron chi connectivity index (χ4n) is 2.04. The summed E-state index contributed by atoms with van der Waals surface area (Å²) in [5.41, 5.74) is 3.63. The van der Waals surface area contributed by atoms with Crippen LogP contribution in [0.3, 0.4) is 0 Å². The van der Waals surface area contributed by atoms with Crippen molar-refractivity contribution in [3.8, 4) is 23.0 Å². The number of benzene rings is 2. The van der Waals surface area contributed by atoms with Gasteiger partial charge in [0, 0.05) is 5.56 Å². The van der Waals surface area contributed by atoms with Crippen LogP contribution in [0.15, 0.2) is 66.9 Å². The minimum atomic E-state index is 0.631. The number of hydrogen-bond donors (Lipinski definition) is 0. The first kappa shape index (κ1) is 11.2. The van der Waals surface area contributed by atoms with Gasteiger partial charge in [0.15, 0.2) is 0 Å². The minimum absolute atomic E-state index is 0.631. The second kappa shape index (κ2) is 4.79. The minimum Gasteiger partial charge on any atom is -0.233 e. The van der Waals surface area contributed by atoms with Crippen LogP contribution in [-0.2, 0) is 0 Å². The van der Waals surface area contributed by atoms with Crippen LogP contribution in [0, 0.1) is 11.3 Å². The van der Waals surface area contributed by atoms with Crippen molar-refractivity contribution < 1.29 is 0 Å². The predicted octanol–water partition coefficient (Wildman–Crippen LogP) is 3.41. The maximum absolute atomic E-state index is 8.97. The molecule has 0 amide bonds. The van der Waals surface area contributed by atoms with Crippen molar-refractivity contribution >= 4 is 0 Å². The molecule has 0 saturated carbocycles. The van der Waals surface area contributed by atoms with Gasteiger partial charge >= 0.3 is 0 Å². The summed E-state index contributed by atoms with van der Waals surface area (Å²) in [6.07, 6.45) is 1.77. The van der Waals surface area contributed by atoms with Gasteiger partial charge in [0.1, 0.15) is 0 Å². The van der Waals surface area contributed by atoms with E-state index in [1.54, 1.807) is 12.3 Å². The summed E-state index contributed by atoms with van der Waals surface area (Å²) < 4.78 is 1.84. The quantitative estimate of drug-likeness (QED) is 0.694. The van der Waals surface area contributed by atoms with Gasteiger partial charge in [-0.1, -0.05) is 36.4 Å². The van der Waals surface area contributed by atoms with Crippen molar-refractivity contribution in [2.75, 3.05) is 0 Å². The molecule has 0 atom stereocenters. The van der Waals surface area contributed by atoms with Crippen molar-refractivity contribution in [1.82, 2.24) is 9.78 Å². The average molecular weight is 245 g/mol. The van der Waals surface area contributed by atoms with Crippen LogP contribution in [0.1, 0.15) is 5.56 Å². The Balaban J connectivity index is 2.13. The lowest BCUT2D eigenvalue weighted by atomic mass is 10.1. The largest absolute Gasteiger partial charge is 0.233 e. The first-order valence-electron chi connectivity index (χ1n) is 5.98. The Morgan fingerprint density at radius 2 is 1.79 bits per heavy atom. The number of nitrogens with zero attached hydrogens (tertiary/aromatic N) is 3. The third kappa shape index (κ3) is 2.12. The first-order chi connectivity index (χ1) is 9.38. The lowest BCUT2D eigenvalue weighted by Crippen LogP contribution is -1.99. The van der Waals surface area contributed by atoms with E-state index >= 15 is 0 Å². The Bertz CT molecular complexity index is 736. The second-order valence-electron chi connectivity index (χ2n) is 4.16. The van der Waals surface area contributed by atoms with Crippen LogP contribution in [0.2, 0.25) is 0 Å². The molecule has 3 heteroatoms. The number of rotatable bonds is 2. The molecular formula is C16H11N3. The third-order valence-electron chi connectivity index (χ3n) is 2.93. The predicted molar refractivity (Wildman–Crippen MR) is 73.7 cm³/mol. The SMILES string of the molecule is N#Cc1cccc(-n2nccc2-c2ccccc2)c1. The van der Waals surface area contributed by atoms with Gasteiger partial charge in [-0.3, -0.25) is 0 Å².